The molecule has 15 heavy (non-hydrogen) atoms. The van der Waals surface area contributed by atoms with Crippen LogP contribution in [0.2, 0.25) is 0 Å². The summed E-state index contributed by atoms with van der Waals surface area (Å²) in [5.74, 6) is -0.327. The summed E-state index contributed by atoms with van der Waals surface area (Å²) in [4.78, 5) is 15.3. The van der Waals surface area contributed by atoms with Crippen LogP contribution in [0.4, 0.5) is 0 Å². The molecule has 0 fully saturated rings. The minimum absolute atomic E-state index is 0.488. The van der Waals surface area contributed by atoms with Gasteiger partial charge in [0.05, 0.1) is 11.6 Å². The maximum atomic E-state index is 10.9. The van der Waals surface area contributed by atoms with Gasteiger partial charge in [0, 0.05) is 12.2 Å². The number of aromatic nitrogens is 2. The summed E-state index contributed by atoms with van der Waals surface area (Å²) in [7, 11) is 0. The van der Waals surface area contributed by atoms with Crippen molar-refractivity contribution in [2.45, 2.75) is 45.6 Å². The second-order valence-corrected chi connectivity index (χ2v) is 4.16. The molecule has 82 valence electrons. The van der Waals surface area contributed by atoms with Gasteiger partial charge in [-0.05, 0) is 33.1 Å². The molecule has 4 nitrogen and oxygen atoms in total. The Morgan fingerprint density at radius 1 is 1.53 bits per heavy atom. The van der Waals surface area contributed by atoms with Crippen molar-refractivity contribution < 1.29 is 9.90 Å². The van der Waals surface area contributed by atoms with Gasteiger partial charge >= 0.3 is 5.97 Å². The van der Waals surface area contributed by atoms with Crippen LogP contribution < -0.4 is 0 Å². The fourth-order valence-electron chi connectivity index (χ4n) is 2.22. The predicted molar refractivity (Wildman–Crippen MR) is 56.0 cm³/mol. The Kier molecular flexibility index (Phi) is 2.50. The van der Waals surface area contributed by atoms with E-state index in [0.717, 1.165) is 36.6 Å². The molecule has 0 amide bonds. The summed E-state index contributed by atoms with van der Waals surface area (Å²) in [6.45, 7) is 4.65. The number of rotatable bonds is 2. The van der Waals surface area contributed by atoms with Crippen LogP contribution in [0.3, 0.4) is 0 Å². The van der Waals surface area contributed by atoms with E-state index in [4.69, 9.17) is 5.11 Å². The maximum Gasteiger partial charge on any atom is 0.312 e. The smallest absolute Gasteiger partial charge is 0.312 e. The van der Waals surface area contributed by atoms with Crippen LogP contribution >= 0.6 is 0 Å². The fourth-order valence-corrected chi connectivity index (χ4v) is 2.22. The third-order valence-electron chi connectivity index (χ3n) is 3.12. The third-order valence-corrected chi connectivity index (χ3v) is 3.12. The molecule has 1 unspecified atom stereocenters. The van der Waals surface area contributed by atoms with Gasteiger partial charge in [0.1, 0.15) is 5.82 Å². The molecule has 0 spiro atoms. The highest BCUT2D eigenvalue weighted by Gasteiger charge is 2.25. The van der Waals surface area contributed by atoms with Gasteiger partial charge in [0.25, 0.3) is 0 Å². The molecule has 0 bridgehead atoms. The van der Waals surface area contributed by atoms with Gasteiger partial charge in [-0.15, -0.1) is 0 Å². The van der Waals surface area contributed by atoms with Crippen molar-refractivity contribution in [3.8, 4) is 0 Å². The summed E-state index contributed by atoms with van der Waals surface area (Å²) >= 11 is 0. The van der Waals surface area contributed by atoms with E-state index in [0.29, 0.717) is 0 Å². The summed E-state index contributed by atoms with van der Waals surface area (Å²) in [6, 6.07) is 0. The summed E-state index contributed by atoms with van der Waals surface area (Å²) in [6.07, 6.45) is 3.28. The molecule has 0 aromatic carbocycles. The first-order valence-corrected chi connectivity index (χ1v) is 5.40. The lowest BCUT2D eigenvalue weighted by atomic mass is 10.0. The van der Waals surface area contributed by atoms with Crippen molar-refractivity contribution in [2.75, 3.05) is 0 Å². The van der Waals surface area contributed by atoms with Gasteiger partial charge in [-0.1, -0.05) is 0 Å². The van der Waals surface area contributed by atoms with E-state index >= 15 is 0 Å². The Hall–Kier alpha value is -1.32. The summed E-state index contributed by atoms with van der Waals surface area (Å²) in [5, 5.41) is 9.00. The number of hydrogen-bond donors (Lipinski definition) is 1. The topological polar surface area (TPSA) is 55.1 Å². The largest absolute Gasteiger partial charge is 0.481 e. The number of carbonyl (C=O) groups is 1. The molecule has 1 atom stereocenters. The van der Waals surface area contributed by atoms with E-state index in [1.807, 2.05) is 6.92 Å². The Morgan fingerprint density at radius 2 is 2.27 bits per heavy atom. The molecule has 0 aliphatic carbocycles. The molecule has 1 aliphatic heterocycles. The minimum atomic E-state index is -0.790. The number of imidazole rings is 1. The van der Waals surface area contributed by atoms with Gasteiger partial charge in [-0.3, -0.25) is 4.79 Å². The minimum Gasteiger partial charge on any atom is -0.481 e. The number of hydrogen-bond acceptors (Lipinski definition) is 2. The van der Waals surface area contributed by atoms with E-state index in [1.165, 1.54) is 6.42 Å². The van der Waals surface area contributed by atoms with Gasteiger partial charge in [-0.25, -0.2) is 4.98 Å². The maximum absolute atomic E-state index is 10.9. The summed E-state index contributed by atoms with van der Waals surface area (Å²) in [5.41, 5.74) is 1.90. The number of carboxylic acids is 1. The first kappa shape index (κ1) is 10.2. The van der Waals surface area contributed by atoms with Crippen LogP contribution in [0.25, 0.3) is 0 Å². The highest BCUT2D eigenvalue weighted by atomic mass is 16.4. The lowest BCUT2D eigenvalue weighted by Crippen LogP contribution is -2.15. The average molecular weight is 208 g/mol. The monoisotopic (exact) mass is 208 g/mol. The second kappa shape index (κ2) is 3.68. The molecule has 1 aromatic heterocycles. The highest BCUT2D eigenvalue weighted by molar-refractivity contribution is 5.75. The zero-order valence-corrected chi connectivity index (χ0v) is 9.16. The van der Waals surface area contributed by atoms with Crippen molar-refractivity contribution in [1.29, 1.82) is 0 Å². The van der Waals surface area contributed by atoms with Crippen molar-refractivity contribution >= 4 is 5.97 Å². The Morgan fingerprint density at radius 3 is 2.93 bits per heavy atom. The Labute approximate surface area is 88.9 Å². The Balaban J connectivity index is 2.44. The second-order valence-electron chi connectivity index (χ2n) is 4.16. The Bertz CT molecular complexity index is 396. The van der Waals surface area contributed by atoms with Crippen LogP contribution in [0, 0.1) is 6.92 Å². The highest BCUT2D eigenvalue weighted by Crippen LogP contribution is 2.26. The number of fused-ring (bicyclic) bond motifs is 1. The molecule has 1 aliphatic rings. The molecule has 0 saturated carbocycles. The fraction of sp³-hybridized carbons (Fsp3) is 0.636. The van der Waals surface area contributed by atoms with E-state index in [-0.39, 0.29) is 0 Å². The van der Waals surface area contributed by atoms with Gasteiger partial charge in [0.15, 0.2) is 0 Å². The van der Waals surface area contributed by atoms with Crippen LogP contribution in [0.15, 0.2) is 0 Å². The van der Waals surface area contributed by atoms with Crippen molar-refractivity contribution in [2.24, 2.45) is 0 Å². The van der Waals surface area contributed by atoms with Crippen LogP contribution in [-0.2, 0) is 17.8 Å². The van der Waals surface area contributed by atoms with Crippen LogP contribution in [0.5, 0.6) is 0 Å². The van der Waals surface area contributed by atoms with Gasteiger partial charge in [-0.2, -0.15) is 0 Å². The van der Waals surface area contributed by atoms with Crippen molar-refractivity contribution in [1.82, 2.24) is 9.55 Å². The van der Waals surface area contributed by atoms with E-state index in [9.17, 15) is 4.79 Å². The zero-order chi connectivity index (χ0) is 11.0. The zero-order valence-electron chi connectivity index (χ0n) is 9.16. The molecule has 4 heteroatoms. The van der Waals surface area contributed by atoms with E-state index in [2.05, 4.69) is 9.55 Å². The van der Waals surface area contributed by atoms with E-state index in [1.54, 1.807) is 6.92 Å². The molecular weight excluding hydrogens is 192 g/mol. The van der Waals surface area contributed by atoms with Crippen molar-refractivity contribution in [3.05, 3.63) is 17.2 Å². The third kappa shape index (κ3) is 1.64. The predicted octanol–water partition coefficient (Wildman–Crippen LogP) is 1.72. The first-order valence-electron chi connectivity index (χ1n) is 5.40. The standard InChI is InChI=1S/C11H16N2O2/c1-7(11(14)15)10-9-5-3-4-6-13(9)8(2)12-10/h7H,3-6H2,1-2H3,(H,14,15). The number of aliphatic carboxylic acids is 1. The molecular formula is C11H16N2O2. The summed E-state index contributed by atoms with van der Waals surface area (Å²) < 4.78 is 2.16. The van der Waals surface area contributed by atoms with Crippen LogP contribution in [-0.4, -0.2) is 20.6 Å². The molecule has 1 N–H and O–H groups in total. The quantitative estimate of drug-likeness (QED) is 0.805. The van der Waals surface area contributed by atoms with Gasteiger partial charge in [0.2, 0.25) is 0 Å². The van der Waals surface area contributed by atoms with E-state index < -0.39 is 11.9 Å². The number of nitrogens with zero attached hydrogens (tertiary/aromatic N) is 2. The van der Waals surface area contributed by atoms with Crippen molar-refractivity contribution in [3.63, 3.8) is 0 Å². The molecule has 0 saturated heterocycles. The number of aryl methyl sites for hydroxylation is 1. The lowest BCUT2D eigenvalue weighted by molar-refractivity contribution is -0.138. The molecule has 1 aromatic rings. The molecule has 2 rings (SSSR count). The SMILES string of the molecule is Cc1nc(C(C)C(=O)O)c2n1CCCC2. The van der Waals surface area contributed by atoms with Gasteiger partial charge < -0.3 is 9.67 Å². The first-order chi connectivity index (χ1) is 7.11. The normalized spacial score (nSPS) is 17.2. The average Bonchev–Trinajstić information content (AvgIpc) is 2.56. The molecule has 0 radical (unpaired) electrons. The lowest BCUT2D eigenvalue weighted by Gasteiger charge is -2.17. The number of carboxylic acid groups (broad SMARTS) is 1. The van der Waals surface area contributed by atoms with Crippen LogP contribution in [0.1, 0.15) is 42.9 Å². The molecule has 2 heterocycles.